The second-order valence-electron chi connectivity index (χ2n) is 6.62. The summed E-state index contributed by atoms with van der Waals surface area (Å²) in [6, 6.07) is 13.1. The zero-order valence-electron chi connectivity index (χ0n) is 16.1. The molecule has 158 valence electrons. The molecule has 2 heterocycles. The molecular weight excluding hydrogens is 424 g/mol. The van der Waals surface area contributed by atoms with Gasteiger partial charge in [0.15, 0.2) is 12.5 Å². The number of carboxylic acid groups (broad SMARTS) is 1. The van der Waals surface area contributed by atoms with Crippen LogP contribution in [0.1, 0.15) is 12.8 Å². The minimum Gasteiger partial charge on any atom is -0.481 e. The van der Waals surface area contributed by atoms with Crippen molar-refractivity contribution in [3.63, 3.8) is 0 Å². The molecule has 0 saturated carbocycles. The van der Waals surface area contributed by atoms with E-state index in [1.165, 1.54) is 4.68 Å². The highest BCUT2D eigenvalue weighted by molar-refractivity contribution is 6.30. The molecule has 2 aromatic carbocycles. The van der Waals surface area contributed by atoms with E-state index in [-0.39, 0.29) is 19.6 Å². The molecule has 0 bridgehead atoms. The average Bonchev–Trinajstić information content (AvgIpc) is 3.38. The lowest BCUT2D eigenvalue weighted by Gasteiger charge is -2.06. The minimum absolute atomic E-state index is 0.0983. The van der Waals surface area contributed by atoms with Gasteiger partial charge in [-0.25, -0.2) is 9.67 Å². The number of aromatic nitrogens is 3. The molecule has 0 amide bonds. The Hall–Kier alpha value is -3.85. The summed E-state index contributed by atoms with van der Waals surface area (Å²) in [5.74, 6) is -1.03. The second-order valence-corrected chi connectivity index (χ2v) is 7.05. The van der Waals surface area contributed by atoms with Crippen LogP contribution in [0.4, 0.5) is 11.7 Å². The van der Waals surface area contributed by atoms with Gasteiger partial charge in [-0.2, -0.15) is 5.10 Å². The lowest BCUT2D eigenvalue weighted by atomic mass is 10.2. The zero-order chi connectivity index (χ0) is 21.8. The van der Waals surface area contributed by atoms with Gasteiger partial charge in [-0.3, -0.25) is 9.59 Å². The highest BCUT2D eigenvalue weighted by atomic mass is 35.5. The van der Waals surface area contributed by atoms with Crippen molar-refractivity contribution in [1.82, 2.24) is 14.8 Å². The van der Waals surface area contributed by atoms with Gasteiger partial charge in [0.25, 0.3) is 6.01 Å². The molecule has 0 spiro atoms. The largest absolute Gasteiger partial charge is 0.481 e. The van der Waals surface area contributed by atoms with Crippen molar-refractivity contribution in [3.05, 3.63) is 59.9 Å². The zero-order valence-corrected chi connectivity index (χ0v) is 16.9. The number of aliphatic carboxylic acids is 1. The average molecular weight is 441 g/mol. The number of nitrogens with zero attached hydrogens (tertiary/aromatic N) is 3. The number of hydrogen-bond donors (Lipinski definition) is 2. The summed E-state index contributed by atoms with van der Waals surface area (Å²) in [7, 11) is 0. The van der Waals surface area contributed by atoms with Gasteiger partial charge in [-0.15, -0.1) is 0 Å². The number of rotatable bonds is 8. The topological polar surface area (TPSA) is 119 Å². The first-order valence-corrected chi connectivity index (χ1v) is 9.67. The molecule has 0 radical (unpaired) electrons. The molecule has 4 rings (SSSR count). The van der Waals surface area contributed by atoms with Crippen LogP contribution in [0.5, 0.6) is 0 Å². The third-order valence-electron chi connectivity index (χ3n) is 4.42. The van der Waals surface area contributed by atoms with Crippen LogP contribution in [0.3, 0.4) is 0 Å². The molecular formula is C21H17ClN4O5. The van der Waals surface area contributed by atoms with E-state index in [0.717, 1.165) is 22.2 Å². The third kappa shape index (κ3) is 5.01. The van der Waals surface area contributed by atoms with E-state index >= 15 is 0 Å². The van der Waals surface area contributed by atoms with E-state index in [1.807, 2.05) is 30.3 Å². The fraction of sp³-hybridized carbons (Fsp3) is 0.143. The lowest BCUT2D eigenvalue weighted by Crippen LogP contribution is -2.11. The molecule has 0 atom stereocenters. The first-order chi connectivity index (χ1) is 15.0. The number of oxazole rings is 1. The van der Waals surface area contributed by atoms with Crippen molar-refractivity contribution in [3.8, 4) is 11.3 Å². The minimum atomic E-state index is -1.05. The predicted molar refractivity (Wildman–Crippen MR) is 113 cm³/mol. The van der Waals surface area contributed by atoms with Gasteiger partial charge in [0, 0.05) is 21.7 Å². The fourth-order valence-electron chi connectivity index (χ4n) is 2.89. The number of esters is 1. The number of hydrogen-bond acceptors (Lipinski definition) is 7. The van der Waals surface area contributed by atoms with Crippen LogP contribution in [0.2, 0.25) is 5.02 Å². The Bertz CT molecular complexity index is 1230. The van der Waals surface area contributed by atoms with Gasteiger partial charge in [0.05, 0.1) is 30.8 Å². The Morgan fingerprint density at radius 3 is 2.71 bits per heavy atom. The molecule has 31 heavy (non-hydrogen) atoms. The summed E-state index contributed by atoms with van der Waals surface area (Å²) in [5.41, 5.74) is 2.36. The molecule has 9 nitrogen and oxygen atoms in total. The Morgan fingerprint density at radius 2 is 1.94 bits per heavy atom. The number of carbonyl (C=O) groups is 2. The maximum Gasteiger partial charge on any atom is 0.308 e. The van der Waals surface area contributed by atoms with Crippen molar-refractivity contribution in [1.29, 1.82) is 0 Å². The first kappa shape index (κ1) is 20.4. The summed E-state index contributed by atoms with van der Waals surface area (Å²) >= 11 is 5.91. The van der Waals surface area contributed by atoms with Crippen molar-refractivity contribution >= 4 is 46.1 Å². The Kier molecular flexibility index (Phi) is 5.85. The van der Waals surface area contributed by atoms with E-state index in [9.17, 15) is 9.59 Å². The van der Waals surface area contributed by atoms with Gasteiger partial charge < -0.3 is 19.6 Å². The number of anilines is 2. The van der Waals surface area contributed by atoms with E-state index in [1.54, 1.807) is 24.5 Å². The highest BCUT2D eigenvalue weighted by Gasteiger charge is 2.11. The molecule has 0 saturated heterocycles. The molecule has 4 aromatic rings. The van der Waals surface area contributed by atoms with E-state index < -0.39 is 11.9 Å². The Balaban J connectivity index is 1.42. The van der Waals surface area contributed by atoms with Crippen LogP contribution in [-0.4, -0.2) is 31.8 Å². The number of fused-ring (bicyclic) bond motifs is 1. The molecule has 2 aromatic heterocycles. The van der Waals surface area contributed by atoms with Crippen LogP contribution >= 0.6 is 11.6 Å². The van der Waals surface area contributed by atoms with Crippen molar-refractivity contribution in [2.45, 2.75) is 19.6 Å². The van der Waals surface area contributed by atoms with Gasteiger partial charge in [-0.05, 0) is 42.5 Å². The van der Waals surface area contributed by atoms with Crippen LogP contribution in [0, 0.1) is 0 Å². The van der Waals surface area contributed by atoms with Crippen molar-refractivity contribution < 1.29 is 23.8 Å². The van der Waals surface area contributed by atoms with Gasteiger partial charge in [0.1, 0.15) is 0 Å². The highest BCUT2D eigenvalue weighted by Crippen LogP contribution is 2.27. The maximum absolute atomic E-state index is 11.6. The monoisotopic (exact) mass is 440 g/mol. The van der Waals surface area contributed by atoms with Gasteiger partial charge in [0.2, 0.25) is 0 Å². The summed E-state index contributed by atoms with van der Waals surface area (Å²) in [4.78, 5) is 26.4. The van der Waals surface area contributed by atoms with Crippen molar-refractivity contribution in [2.75, 3.05) is 5.32 Å². The summed E-state index contributed by atoms with van der Waals surface area (Å²) in [6.45, 7) is -0.0983. The van der Waals surface area contributed by atoms with Crippen molar-refractivity contribution in [2.24, 2.45) is 0 Å². The first-order valence-electron chi connectivity index (χ1n) is 9.30. The van der Waals surface area contributed by atoms with Crippen LogP contribution in [-0.2, 0) is 21.1 Å². The van der Waals surface area contributed by atoms with Crippen LogP contribution in [0.15, 0.2) is 59.3 Å². The number of carboxylic acids is 1. The molecule has 0 aliphatic heterocycles. The number of carbonyl (C=O) groups excluding carboxylic acids is 1. The van der Waals surface area contributed by atoms with Gasteiger partial charge in [-0.1, -0.05) is 11.6 Å². The SMILES string of the molecule is O=C(O)CCC(=O)OCn1ncc2cc(Nc3ncc(-c4ccc(Cl)cc4)o3)ccc21. The Labute approximate surface area is 181 Å². The third-order valence-corrected chi connectivity index (χ3v) is 4.67. The fourth-order valence-corrected chi connectivity index (χ4v) is 3.01. The number of benzene rings is 2. The smallest absolute Gasteiger partial charge is 0.308 e. The quantitative estimate of drug-likeness (QED) is 0.385. The standard InChI is InChI=1S/C21H17ClN4O5/c22-15-3-1-13(2-4-15)18-11-23-21(31-18)25-16-5-6-17-14(9-16)10-24-26(17)12-30-20(29)8-7-19(27)28/h1-6,9-11H,7-8,12H2,(H,23,25)(H,27,28). The second kappa shape index (κ2) is 8.88. The van der Waals surface area contributed by atoms with E-state index in [0.29, 0.717) is 16.8 Å². The number of ether oxygens (including phenoxy) is 1. The normalized spacial score (nSPS) is 10.9. The maximum atomic E-state index is 11.6. The summed E-state index contributed by atoms with van der Waals surface area (Å²) in [5, 5.41) is 17.4. The van der Waals surface area contributed by atoms with Crippen LogP contribution in [0.25, 0.3) is 22.2 Å². The molecule has 0 aliphatic rings. The predicted octanol–water partition coefficient (Wildman–Crippen LogP) is 4.45. The molecule has 0 unspecified atom stereocenters. The molecule has 2 N–H and O–H groups in total. The Morgan fingerprint density at radius 1 is 1.13 bits per heavy atom. The van der Waals surface area contributed by atoms with Crippen LogP contribution < -0.4 is 5.32 Å². The molecule has 0 aliphatic carbocycles. The lowest BCUT2D eigenvalue weighted by molar-refractivity contribution is -0.150. The number of nitrogens with one attached hydrogen (secondary N) is 1. The molecule has 10 heteroatoms. The summed E-state index contributed by atoms with van der Waals surface area (Å²) in [6.07, 6.45) is 2.81. The number of halogens is 1. The van der Waals surface area contributed by atoms with E-state index in [4.69, 9.17) is 25.9 Å². The van der Waals surface area contributed by atoms with Gasteiger partial charge >= 0.3 is 11.9 Å². The van der Waals surface area contributed by atoms with E-state index in [2.05, 4.69) is 15.4 Å². The summed E-state index contributed by atoms with van der Waals surface area (Å²) < 4.78 is 12.3. The molecule has 0 fully saturated rings.